The van der Waals surface area contributed by atoms with Crippen molar-refractivity contribution in [2.75, 3.05) is 6.26 Å². The van der Waals surface area contributed by atoms with Crippen LogP contribution >= 0.6 is 0 Å². The zero-order chi connectivity index (χ0) is 10.9. The molecule has 0 radical (unpaired) electrons. The maximum atomic E-state index is 11.0. The second-order valence-corrected chi connectivity index (χ2v) is 5.53. The molecule has 1 aromatic rings. The summed E-state index contributed by atoms with van der Waals surface area (Å²) >= 11 is 0. The van der Waals surface area contributed by atoms with Crippen molar-refractivity contribution < 1.29 is 12.6 Å². The molecule has 0 amide bonds. The van der Waals surface area contributed by atoms with Crippen LogP contribution in [0.5, 0.6) is 0 Å². The number of rotatable bonds is 3. The van der Waals surface area contributed by atoms with Gasteiger partial charge in [-0.3, -0.25) is 4.18 Å². The molecule has 1 aliphatic carbocycles. The Morgan fingerprint density at radius 3 is 2.33 bits per heavy atom. The monoisotopic (exact) mass is 226 g/mol. The molecule has 1 fully saturated rings. The van der Waals surface area contributed by atoms with Gasteiger partial charge in [0.15, 0.2) is 0 Å². The van der Waals surface area contributed by atoms with Gasteiger partial charge in [0.25, 0.3) is 10.1 Å². The molecule has 4 heteroatoms. The summed E-state index contributed by atoms with van der Waals surface area (Å²) in [5, 5.41) is 0. The first-order chi connectivity index (χ1) is 7.06. The maximum Gasteiger partial charge on any atom is 0.264 e. The topological polar surface area (TPSA) is 43.4 Å². The van der Waals surface area contributed by atoms with E-state index in [0.717, 1.165) is 24.7 Å². The molecule has 0 bridgehead atoms. The van der Waals surface area contributed by atoms with E-state index >= 15 is 0 Å². The molecular weight excluding hydrogens is 212 g/mol. The Balaban J connectivity index is 2.07. The molecule has 0 N–H and O–H groups in total. The summed E-state index contributed by atoms with van der Waals surface area (Å²) in [6.07, 6.45) is 2.77. The minimum absolute atomic E-state index is 0.164. The quantitative estimate of drug-likeness (QED) is 0.739. The summed E-state index contributed by atoms with van der Waals surface area (Å²) in [7, 11) is -3.33. The molecule has 0 heterocycles. The van der Waals surface area contributed by atoms with Gasteiger partial charge in [-0.1, -0.05) is 30.3 Å². The van der Waals surface area contributed by atoms with Crippen LogP contribution in [0.1, 0.15) is 24.3 Å². The fourth-order valence-corrected chi connectivity index (χ4v) is 2.57. The number of benzene rings is 1. The van der Waals surface area contributed by atoms with Crippen molar-refractivity contribution in [1.82, 2.24) is 0 Å². The molecule has 0 spiro atoms. The molecule has 0 aliphatic heterocycles. The fraction of sp³-hybridized carbons (Fsp3) is 0.455. The summed E-state index contributed by atoms with van der Waals surface area (Å²) in [5.41, 5.74) is 1.16. The smallest absolute Gasteiger partial charge is 0.264 e. The van der Waals surface area contributed by atoms with Gasteiger partial charge in [-0.25, -0.2) is 0 Å². The zero-order valence-corrected chi connectivity index (χ0v) is 9.41. The van der Waals surface area contributed by atoms with Crippen LogP contribution in [0.2, 0.25) is 0 Å². The predicted molar refractivity (Wildman–Crippen MR) is 58.1 cm³/mol. The first-order valence-electron chi connectivity index (χ1n) is 4.99. The summed E-state index contributed by atoms with van der Waals surface area (Å²) in [6.45, 7) is 0. The molecule has 1 aromatic carbocycles. The second kappa shape index (κ2) is 3.94. The Labute approximate surface area is 90.2 Å². The van der Waals surface area contributed by atoms with E-state index in [1.807, 2.05) is 30.3 Å². The highest BCUT2D eigenvalue weighted by Gasteiger charge is 2.35. The van der Waals surface area contributed by atoms with Crippen molar-refractivity contribution in [3.05, 3.63) is 35.9 Å². The van der Waals surface area contributed by atoms with Crippen LogP contribution in [-0.4, -0.2) is 20.8 Å². The first kappa shape index (κ1) is 10.6. The van der Waals surface area contributed by atoms with Crippen LogP contribution < -0.4 is 0 Å². The van der Waals surface area contributed by atoms with E-state index in [1.54, 1.807) is 0 Å². The lowest BCUT2D eigenvalue weighted by molar-refractivity contribution is 0.0982. The van der Waals surface area contributed by atoms with Crippen molar-refractivity contribution in [3.63, 3.8) is 0 Å². The van der Waals surface area contributed by atoms with Crippen molar-refractivity contribution >= 4 is 10.1 Å². The highest BCUT2D eigenvalue weighted by Crippen LogP contribution is 2.39. The summed E-state index contributed by atoms with van der Waals surface area (Å²) in [5.74, 6) is 0.237. The highest BCUT2D eigenvalue weighted by molar-refractivity contribution is 7.86. The van der Waals surface area contributed by atoms with Crippen LogP contribution in [0.15, 0.2) is 30.3 Å². The van der Waals surface area contributed by atoms with Gasteiger partial charge >= 0.3 is 0 Å². The molecule has 2 atom stereocenters. The van der Waals surface area contributed by atoms with Crippen molar-refractivity contribution in [3.8, 4) is 0 Å². The molecule has 82 valence electrons. The lowest BCUT2D eigenvalue weighted by Crippen LogP contribution is -2.33. The van der Waals surface area contributed by atoms with Gasteiger partial charge in [-0.15, -0.1) is 0 Å². The molecule has 1 aliphatic rings. The largest absolute Gasteiger partial charge is 0.266 e. The second-order valence-electron chi connectivity index (χ2n) is 3.93. The van der Waals surface area contributed by atoms with Crippen LogP contribution in [0.25, 0.3) is 0 Å². The first-order valence-corrected chi connectivity index (χ1v) is 6.81. The van der Waals surface area contributed by atoms with E-state index in [4.69, 9.17) is 4.18 Å². The predicted octanol–water partition coefficient (Wildman–Crippen LogP) is 1.91. The summed E-state index contributed by atoms with van der Waals surface area (Å²) in [6, 6.07) is 9.91. The molecule has 1 saturated carbocycles. The molecule has 2 unspecified atom stereocenters. The Kier molecular flexibility index (Phi) is 2.80. The van der Waals surface area contributed by atoms with Crippen LogP contribution in [0, 0.1) is 0 Å². The molecule has 2 rings (SSSR count). The lowest BCUT2D eigenvalue weighted by atomic mass is 9.77. The van der Waals surface area contributed by atoms with E-state index in [2.05, 4.69) is 0 Å². The van der Waals surface area contributed by atoms with E-state index in [1.165, 1.54) is 0 Å². The van der Waals surface area contributed by atoms with Gasteiger partial charge in [0.1, 0.15) is 0 Å². The van der Waals surface area contributed by atoms with E-state index in [-0.39, 0.29) is 12.0 Å². The number of hydrogen-bond donors (Lipinski definition) is 0. The average molecular weight is 226 g/mol. The lowest BCUT2D eigenvalue weighted by Gasteiger charge is -2.35. The Bertz CT molecular complexity index is 424. The third kappa shape index (κ3) is 2.58. The Morgan fingerprint density at radius 2 is 1.87 bits per heavy atom. The Morgan fingerprint density at radius 1 is 1.20 bits per heavy atom. The SMILES string of the molecule is CS(=O)(=O)OC1CCC1c1ccccc1. The fourth-order valence-electron chi connectivity index (χ4n) is 1.89. The van der Waals surface area contributed by atoms with E-state index < -0.39 is 10.1 Å². The van der Waals surface area contributed by atoms with E-state index in [9.17, 15) is 8.42 Å². The van der Waals surface area contributed by atoms with Gasteiger partial charge in [0.2, 0.25) is 0 Å². The minimum Gasteiger partial charge on any atom is -0.266 e. The zero-order valence-electron chi connectivity index (χ0n) is 8.59. The number of hydrogen-bond acceptors (Lipinski definition) is 3. The maximum absolute atomic E-state index is 11.0. The third-order valence-electron chi connectivity index (χ3n) is 2.74. The Hall–Kier alpha value is -0.870. The minimum atomic E-state index is -3.33. The van der Waals surface area contributed by atoms with Crippen LogP contribution in [0.3, 0.4) is 0 Å². The van der Waals surface area contributed by atoms with Gasteiger partial charge in [0.05, 0.1) is 12.4 Å². The van der Waals surface area contributed by atoms with Gasteiger partial charge in [0, 0.05) is 5.92 Å². The third-order valence-corrected chi connectivity index (χ3v) is 3.33. The van der Waals surface area contributed by atoms with Crippen molar-refractivity contribution in [1.29, 1.82) is 0 Å². The summed E-state index contributed by atoms with van der Waals surface area (Å²) < 4.78 is 27.0. The van der Waals surface area contributed by atoms with Gasteiger partial charge < -0.3 is 0 Å². The molecule has 0 saturated heterocycles. The highest BCUT2D eigenvalue weighted by atomic mass is 32.2. The molecular formula is C11H14O3S. The average Bonchev–Trinajstić information content (AvgIpc) is 2.13. The van der Waals surface area contributed by atoms with Crippen LogP contribution in [0.4, 0.5) is 0 Å². The summed E-state index contributed by atoms with van der Waals surface area (Å²) in [4.78, 5) is 0. The molecule has 15 heavy (non-hydrogen) atoms. The normalized spacial score (nSPS) is 25.9. The van der Waals surface area contributed by atoms with Crippen LogP contribution in [-0.2, 0) is 14.3 Å². The molecule has 3 nitrogen and oxygen atoms in total. The molecule has 0 aromatic heterocycles. The standard InChI is InChI=1S/C11H14O3S/c1-15(12,13)14-11-8-7-10(11)9-5-3-2-4-6-9/h2-6,10-11H,7-8H2,1H3. The van der Waals surface area contributed by atoms with Gasteiger partial charge in [-0.2, -0.15) is 8.42 Å². The van der Waals surface area contributed by atoms with Crippen molar-refractivity contribution in [2.45, 2.75) is 24.9 Å². The van der Waals surface area contributed by atoms with Crippen molar-refractivity contribution in [2.24, 2.45) is 0 Å². The van der Waals surface area contributed by atoms with Gasteiger partial charge in [-0.05, 0) is 18.4 Å². The van der Waals surface area contributed by atoms with E-state index in [0.29, 0.717) is 0 Å².